The van der Waals surface area contributed by atoms with E-state index in [0.29, 0.717) is 12.5 Å². The lowest BCUT2D eigenvalue weighted by molar-refractivity contribution is 0.158. The smallest absolute Gasteiger partial charge is 0.430 e. The van der Waals surface area contributed by atoms with Gasteiger partial charge in [0.2, 0.25) is 0 Å². The van der Waals surface area contributed by atoms with E-state index in [-0.39, 0.29) is 12.1 Å². The molecular formula is C13H16N2O2. The Bertz CT molecular complexity index is 415. The first kappa shape index (κ1) is 11.6. The molecule has 1 aromatic carbocycles. The standard InChI is InChI=1S/C13H16N2O2/c1-10(2)12-9-17-13(16)15(12)14-8-11-6-4-3-5-7-11/h3-8,10,12H,9H2,1-2H3/b14-8+/t12-/m1/s1. The Balaban J connectivity index is 2.11. The minimum atomic E-state index is -0.365. The molecule has 2 rings (SSSR count). The molecule has 1 heterocycles. The molecule has 0 spiro atoms. The highest BCUT2D eigenvalue weighted by Crippen LogP contribution is 2.19. The normalized spacial score (nSPS) is 20.3. The van der Waals surface area contributed by atoms with Gasteiger partial charge in [0, 0.05) is 0 Å². The maximum atomic E-state index is 11.5. The van der Waals surface area contributed by atoms with E-state index in [0.717, 1.165) is 5.56 Å². The third-order valence-electron chi connectivity index (χ3n) is 2.78. The average Bonchev–Trinajstić information content (AvgIpc) is 2.69. The third-order valence-corrected chi connectivity index (χ3v) is 2.78. The summed E-state index contributed by atoms with van der Waals surface area (Å²) in [4.78, 5) is 11.5. The minimum absolute atomic E-state index is 0.0301. The summed E-state index contributed by atoms with van der Waals surface area (Å²) in [5.74, 6) is 0.328. The van der Waals surface area contributed by atoms with E-state index in [1.807, 2.05) is 30.3 Å². The molecule has 0 aliphatic carbocycles. The van der Waals surface area contributed by atoms with Crippen molar-refractivity contribution in [2.24, 2.45) is 11.0 Å². The van der Waals surface area contributed by atoms with Crippen LogP contribution in [0.2, 0.25) is 0 Å². The second-order valence-electron chi connectivity index (χ2n) is 4.39. The number of hydrogen-bond donors (Lipinski definition) is 0. The fourth-order valence-corrected chi connectivity index (χ4v) is 1.70. The van der Waals surface area contributed by atoms with Gasteiger partial charge in [-0.25, -0.2) is 4.79 Å². The number of ether oxygens (including phenoxy) is 1. The predicted octanol–water partition coefficient (Wildman–Crippen LogP) is 2.50. The van der Waals surface area contributed by atoms with Crippen LogP contribution in [-0.2, 0) is 4.74 Å². The number of benzene rings is 1. The second-order valence-corrected chi connectivity index (χ2v) is 4.39. The first-order chi connectivity index (χ1) is 8.18. The van der Waals surface area contributed by atoms with E-state index < -0.39 is 0 Å². The highest BCUT2D eigenvalue weighted by Gasteiger charge is 2.34. The lowest BCUT2D eigenvalue weighted by Gasteiger charge is -2.18. The topological polar surface area (TPSA) is 41.9 Å². The Morgan fingerprint density at radius 3 is 2.76 bits per heavy atom. The van der Waals surface area contributed by atoms with Crippen molar-refractivity contribution in [2.75, 3.05) is 6.61 Å². The molecule has 4 heteroatoms. The van der Waals surface area contributed by atoms with Crippen LogP contribution in [0.5, 0.6) is 0 Å². The van der Waals surface area contributed by atoms with Gasteiger partial charge in [-0.2, -0.15) is 10.1 Å². The monoisotopic (exact) mass is 232 g/mol. The van der Waals surface area contributed by atoms with Crippen molar-refractivity contribution in [1.82, 2.24) is 5.01 Å². The van der Waals surface area contributed by atoms with E-state index >= 15 is 0 Å². The van der Waals surface area contributed by atoms with Gasteiger partial charge in [-0.3, -0.25) is 0 Å². The largest absolute Gasteiger partial charge is 0.446 e. The molecule has 0 radical (unpaired) electrons. The van der Waals surface area contributed by atoms with Crippen molar-refractivity contribution >= 4 is 12.3 Å². The van der Waals surface area contributed by atoms with E-state index in [1.165, 1.54) is 5.01 Å². The number of hydrogen-bond acceptors (Lipinski definition) is 3. The van der Waals surface area contributed by atoms with Crippen LogP contribution in [0.25, 0.3) is 0 Å². The molecule has 1 aromatic rings. The Morgan fingerprint density at radius 1 is 1.41 bits per heavy atom. The Kier molecular flexibility index (Phi) is 3.42. The van der Waals surface area contributed by atoms with E-state index in [9.17, 15) is 4.79 Å². The zero-order valence-corrected chi connectivity index (χ0v) is 10.0. The molecule has 4 nitrogen and oxygen atoms in total. The average molecular weight is 232 g/mol. The van der Waals surface area contributed by atoms with Crippen LogP contribution >= 0.6 is 0 Å². The van der Waals surface area contributed by atoms with Crippen LogP contribution in [0, 0.1) is 5.92 Å². The van der Waals surface area contributed by atoms with Crippen LogP contribution in [0.3, 0.4) is 0 Å². The van der Waals surface area contributed by atoms with Crippen LogP contribution in [0.15, 0.2) is 35.4 Å². The summed E-state index contributed by atoms with van der Waals surface area (Å²) in [6, 6.07) is 9.72. The molecule has 1 amide bonds. The van der Waals surface area contributed by atoms with Crippen molar-refractivity contribution in [3.8, 4) is 0 Å². The zero-order chi connectivity index (χ0) is 12.3. The lowest BCUT2D eigenvalue weighted by atomic mass is 10.1. The molecule has 17 heavy (non-hydrogen) atoms. The van der Waals surface area contributed by atoms with Gasteiger partial charge in [-0.1, -0.05) is 44.2 Å². The van der Waals surface area contributed by atoms with Crippen molar-refractivity contribution in [1.29, 1.82) is 0 Å². The molecule has 90 valence electrons. The molecule has 0 unspecified atom stereocenters. The van der Waals surface area contributed by atoms with Crippen LogP contribution in [0.1, 0.15) is 19.4 Å². The second kappa shape index (κ2) is 4.99. The van der Waals surface area contributed by atoms with Crippen molar-refractivity contribution in [3.05, 3.63) is 35.9 Å². The zero-order valence-electron chi connectivity index (χ0n) is 10.0. The van der Waals surface area contributed by atoms with Crippen molar-refractivity contribution in [2.45, 2.75) is 19.9 Å². The van der Waals surface area contributed by atoms with Crippen LogP contribution < -0.4 is 0 Å². The Labute approximate surface area is 101 Å². The summed E-state index contributed by atoms with van der Waals surface area (Å²) in [5.41, 5.74) is 0.967. The van der Waals surface area contributed by atoms with E-state index in [1.54, 1.807) is 6.21 Å². The number of cyclic esters (lactones) is 1. The molecule has 1 atom stereocenters. The van der Waals surface area contributed by atoms with Gasteiger partial charge < -0.3 is 4.74 Å². The fraction of sp³-hybridized carbons (Fsp3) is 0.385. The first-order valence-electron chi connectivity index (χ1n) is 5.73. The number of amides is 1. The summed E-state index contributed by atoms with van der Waals surface area (Å²) < 4.78 is 5.00. The van der Waals surface area contributed by atoms with Crippen molar-refractivity contribution in [3.63, 3.8) is 0 Å². The molecule has 0 bridgehead atoms. The van der Waals surface area contributed by atoms with E-state index in [4.69, 9.17) is 4.74 Å². The summed E-state index contributed by atoms with van der Waals surface area (Å²) in [7, 11) is 0. The minimum Gasteiger partial charge on any atom is -0.446 e. The molecule has 1 fully saturated rings. The molecule has 0 saturated carbocycles. The molecule has 1 aliphatic heterocycles. The van der Waals surface area contributed by atoms with Crippen LogP contribution in [-0.4, -0.2) is 30.0 Å². The quantitative estimate of drug-likeness (QED) is 0.751. The third kappa shape index (κ3) is 2.64. The lowest BCUT2D eigenvalue weighted by Crippen LogP contribution is -2.32. The SMILES string of the molecule is CC(C)[C@H]1COC(=O)N1/N=C/c1ccccc1. The summed E-state index contributed by atoms with van der Waals surface area (Å²) in [6.07, 6.45) is 1.32. The molecule has 0 aromatic heterocycles. The molecular weight excluding hydrogens is 216 g/mol. The summed E-state index contributed by atoms with van der Waals surface area (Å²) in [5, 5.41) is 5.64. The summed E-state index contributed by atoms with van der Waals surface area (Å²) >= 11 is 0. The Hall–Kier alpha value is -1.84. The Morgan fingerprint density at radius 2 is 2.12 bits per heavy atom. The van der Waals surface area contributed by atoms with Gasteiger partial charge >= 0.3 is 6.09 Å². The predicted molar refractivity (Wildman–Crippen MR) is 65.8 cm³/mol. The van der Waals surface area contributed by atoms with Crippen LogP contribution in [0.4, 0.5) is 4.79 Å². The van der Waals surface area contributed by atoms with Gasteiger partial charge in [0.15, 0.2) is 0 Å². The number of carbonyl (C=O) groups is 1. The molecule has 0 N–H and O–H groups in total. The van der Waals surface area contributed by atoms with Gasteiger partial charge in [0.25, 0.3) is 0 Å². The molecule has 1 saturated heterocycles. The maximum Gasteiger partial charge on any atom is 0.430 e. The fourth-order valence-electron chi connectivity index (χ4n) is 1.70. The first-order valence-corrected chi connectivity index (χ1v) is 5.73. The van der Waals surface area contributed by atoms with Gasteiger partial charge in [0.1, 0.15) is 6.61 Å². The highest BCUT2D eigenvalue weighted by molar-refractivity contribution is 5.81. The van der Waals surface area contributed by atoms with E-state index in [2.05, 4.69) is 18.9 Å². The number of hydrazone groups is 1. The number of carbonyl (C=O) groups excluding carboxylic acids is 1. The highest BCUT2D eigenvalue weighted by atomic mass is 16.6. The number of nitrogens with zero attached hydrogens (tertiary/aromatic N) is 2. The summed E-state index contributed by atoms with van der Waals surface area (Å²) in [6.45, 7) is 4.53. The molecule has 1 aliphatic rings. The number of rotatable bonds is 3. The van der Waals surface area contributed by atoms with Crippen molar-refractivity contribution < 1.29 is 9.53 Å². The van der Waals surface area contributed by atoms with Gasteiger partial charge in [-0.05, 0) is 11.5 Å². The van der Waals surface area contributed by atoms with Gasteiger partial charge in [-0.15, -0.1) is 0 Å². The maximum absolute atomic E-state index is 11.5. The van der Waals surface area contributed by atoms with Gasteiger partial charge in [0.05, 0.1) is 12.3 Å².